The smallest absolute Gasteiger partial charge is 0.265 e. The van der Waals surface area contributed by atoms with Crippen molar-refractivity contribution in [2.75, 3.05) is 30.4 Å². The fourth-order valence-corrected chi connectivity index (χ4v) is 5.27. The summed E-state index contributed by atoms with van der Waals surface area (Å²) in [4.78, 5) is 31.3. The summed E-state index contributed by atoms with van der Waals surface area (Å²) in [5, 5.41) is 13.0. The normalized spacial score (nSPS) is 17.8. The molecule has 0 spiro atoms. The van der Waals surface area contributed by atoms with Gasteiger partial charge in [-0.25, -0.2) is 32.5 Å². The molecule has 4 aromatic rings. The lowest BCUT2D eigenvalue weighted by Gasteiger charge is -2.44. The van der Waals surface area contributed by atoms with E-state index in [2.05, 4.69) is 25.3 Å². The van der Waals surface area contributed by atoms with E-state index in [1.807, 2.05) is 0 Å². The molecule has 1 fully saturated rings. The van der Waals surface area contributed by atoms with Gasteiger partial charge in [0, 0.05) is 30.6 Å². The number of pyridine rings is 1. The number of aliphatic hydroxyl groups is 1. The Balaban J connectivity index is 1.59. The highest BCUT2D eigenvalue weighted by molar-refractivity contribution is 5.97. The van der Waals surface area contributed by atoms with E-state index in [0.29, 0.717) is 35.4 Å². The van der Waals surface area contributed by atoms with Gasteiger partial charge in [-0.2, -0.15) is 0 Å². The quantitative estimate of drug-likeness (QED) is 0.240. The molecule has 1 saturated heterocycles. The molecule has 4 heterocycles. The van der Waals surface area contributed by atoms with Crippen LogP contribution >= 0.6 is 0 Å². The fraction of sp³-hybridized carbons (Fsp3) is 0.414. The minimum absolute atomic E-state index is 0.0850. The molecule has 0 unspecified atom stereocenters. The summed E-state index contributed by atoms with van der Waals surface area (Å²) in [6.07, 6.45) is -0.271. The van der Waals surface area contributed by atoms with Gasteiger partial charge in [0.05, 0.1) is 43.1 Å². The number of amides is 1. The predicted octanol–water partition coefficient (Wildman–Crippen LogP) is 3.74. The van der Waals surface area contributed by atoms with Crippen molar-refractivity contribution in [3.05, 3.63) is 54.2 Å². The Morgan fingerprint density at radius 1 is 1.16 bits per heavy atom. The zero-order valence-electron chi connectivity index (χ0n) is 24.3. The van der Waals surface area contributed by atoms with Crippen LogP contribution in [0, 0.1) is 17.6 Å². The molecule has 234 valence electrons. The molecular formula is C29H32F4N8O3. The average Bonchev–Trinajstić information content (AvgIpc) is 3.41. The molecule has 0 aliphatic carbocycles. The van der Waals surface area contributed by atoms with Gasteiger partial charge in [-0.1, -0.05) is 13.8 Å². The van der Waals surface area contributed by atoms with Crippen LogP contribution in [0.25, 0.3) is 22.4 Å². The van der Waals surface area contributed by atoms with Gasteiger partial charge in [0.25, 0.3) is 6.43 Å². The maximum atomic E-state index is 15.1. The number of carbonyl (C=O) groups is 1. The summed E-state index contributed by atoms with van der Waals surface area (Å²) < 4.78 is 63.2. The number of imidazole rings is 1. The number of halogens is 4. The molecule has 3 aromatic heterocycles. The molecule has 15 heteroatoms. The molecular weight excluding hydrogens is 584 g/mol. The van der Waals surface area contributed by atoms with E-state index in [1.165, 1.54) is 26.0 Å². The van der Waals surface area contributed by atoms with Crippen molar-refractivity contribution < 1.29 is 32.2 Å². The van der Waals surface area contributed by atoms with Crippen molar-refractivity contribution in [1.82, 2.24) is 24.5 Å². The molecule has 0 radical (unpaired) electrons. The number of ether oxygens (including phenoxy) is 1. The van der Waals surface area contributed by atoms with E-state index in [4.69, 9.17) is 10.5 Å². The van der Waals surface area contributed by atoms with E-state index in [9.17, 15) is 23.1 Å². The zero-order chi connectivity index (χ0) is 31.8. The van der Waals surface area contributed by atoms with Gasteiger partial charge >= 0.3 is 0 Å². The molecule has 1 aliphatic heterocycles. The molecule has 11 nitrogen and oxygen atoms in total. The van der Waals surface area contributed by atoms with Crippen LogP contribution in [0.3, 0.4) is 0 Å². The van der Waals surface area contributed by atoms with Gasteiger partial charge in [-0.05, 0) is 30.5 Å². The number of hydrogen-bond acceptors (Lipinski definition) is 9. The van der Waals surface area contributed by atoms with E-state index in [0.717, 1.165) is 12.1 Å². The van der Waals surface area contributed by atoms with Crippen LogP contribution in [0.2, 0.25) is 0 Å². The first-order valence-electron chi connectivity index (χ1n) is 13.9. The number of aliphatic hydroxyl groups excluding tert-OH is 1. The second-order valence-electron chi connectivity index (χ2n) is 11.1. The number of hydrogen-bond donors (Lipinski definition) is 3. The van der Waals surface area contributed by atoms with E-state index in [-0.39, 0.29) is 54.2 Å². The Morgan fingerprint density at radius 3 is 2.64 bits per heavy atom. The number of piperidine rings is 1. The number of benzene rings is 1. The maximum Gasteiger partial charge on any atom is 0.265 e. The van der Waals surface area contributed by atoms with Gasteiger partial charge in [-0.3, -0.25) is 9.78 Å². The standard InChI is InChI=1S/C29H32F4N8O3/c1-15(2)28(43)39-26-23-27(37-13-36-26)41(14-38-23)11-16-7-20(17-8-19(31)22(44-3)9-18(17)30)35-10-21(16)40-6-4-5-29(34,12-40)24(42)25(32)33/h7-10,13-15,24-25,42H,4-6,11-12,34H2,1-3H3,(H,36,37,39,43)/t24-,29-/m1/s1. The van der Waals surface area contributed by atoms with Gasteiger partial charge in [-0.15, -0.1) is 0 Å². The third kappa shape index (κ3) is 6.01. The van der Waals surface area contributed by atoms with Gasteiger partial charge in [0.1, 0.15) is 18.2 Å². The number of aromatic nitrogens is 5. The zero-order valence-corrected chi connectivity index (χ0v) is 24.3. The molecule has 5 rings (SSSR count). The minimum Gasteiger partial charge on any atom is -0.494 e. The second kappa shape index (κ2) is 12.3. The number of nitrogens with zero attached hydrogens (tertiary/aromatic N) is 6. The van der Waals surface area contributed by atoms with Crippen molar-refractivity contribution >= 4 is 28.6 Å². The second-order valence-corrected chi connectivity index (χ2v) is 11.1. The Kier molecular flexibility index (Phi) is 8.70. The molecule has 2 atom stereocenters. The van der Waals surface area contributed by atoms with Crippen molar-refractivity contribution in [1.29, 1.82) is 0 Å². The molecule has 1 aliphatic rings. The highest BCUT2D eigenvalue weighted by atomic mass is 19.3. The third-order valence-electron chi connectivity index (χ3n) is 7.72. The van der Waals surface area contributed by atoms with Crippen LogP contribution in [0.15, 0.2) is 37.1 Å². The Hall–Kier alpha value is -4.37. The largest absolute Gasteiger partial charge is 0.494 e. The number of rotatable bonds is 9. The topological polar surface area (TPSA) is 144 Å². The fourth-order valence-electron chi connectivity index (χ4n) is 5.27. The van der Waals surface area contributed by atoms with Crippen LogP contribution in [0.4, 0.5) is 29.1 Å². The first-order valence-corrected chi connectivity index (χ1v) is 13.9. The van der Waals surface area contributed by atoms with Crippen LogP contribution in [-0.4, -0.2) is 73.8 Å². The van der Waals surface area contributed by atoms with Crippen molar-refractivity contribution in [3.8, 4) is 17.0 Å². The summed E-state index contributed by atoms with van der Waals surface area (Å²) in [7, 11) is 1.22. The first kappa shape index (κ1) is 31.1. The van der Waals surface area contributed by atoms with Crippen molar-refractivity contribution in [2.45, 2.75) is 51.3 Å². The summed E-state index contributed by atoms with van der Waals surface area (Å²) in [5.74, 6) is -2.14. The van der Waals surface area contributed by atoms with Crippen molar-refractivity contribution in [2.24, 2.45) is 11.7 Å². The Morgan fingerprint density at radius 2 is 1.93 bits per heavy atom. The maximum absolute atomic E-state index is 15.1. The van der Waals surface area contributed by atoms with E-state index in [1.54, 1.807) is 29.4 Å². The molecule has 0 saturated carbocycles. The molecule has 1 aromatic carbocycles. The van der Waals surface area contributed by atoms with Gasteiger partial charge in [0.2, 0.25) is 5.91 Å². The number of nitrogens with two attached hydrogens (primary N) is 1. The monoisotopic (exact) mass is 616 g/mol. The van der Waals surface area contributed by atoms with Crippen LogP contribution in [0.1, 0.15) is 32.3 Å². The number of methoxy groups -OCH3 is 1. The van der Waals surface area contributed by atoms with Gasteiger partial charge in [0.15, 0.2) is 28.5 Å². The van der Waals surface area contributed by atoms with Gasteiger partial charge < -0.3 is 30.4 Å². The number of nitrogens with one attached hydrogen (secondary N) is 1. The van der Waals surface area contributed by atoms with Crippen molar-refractivity contribution in [3.63, 3.8) is 0 Å². The SMILES string of the molecule is COc1cc(F)c(-c2cc(Cn3cnc4c(NC(=O)C(C)C)ncnc43)c(N3CCC[C@](N)([C@H](O)C(F)F)C3)cn2)cc1F. The number of carbonyl (C=O) groups excluding carboxylic acids is 1. The Labute approximate surface area is 250 Å². The number of alkyl halides is 2. The highest BCUT2D eigenvalue weighted by Crippen LogP contribution is 2.35. The Bertz CT molecular complexity index is 1680. The average molecular weight is 617 g/mol. The lowest BCUT2D eigenvalue weighted by Crippen LogP contribution is -2.63. The number of fused-ring (bicyclic) bond motifs is 1. The molecule has 0 bridgehead atoms. The molecule has 44 heavy (non-hydrogen) atoms. The minimum atomic E-state index is -3.03. The van der Waals surface area contributed by atoms with Crippen LogP contribution < -0.4 is 20.7 Å². The summed E-state index contributed by atoms with van der Waals surface area (Å²) >= 11 is 0. The highest BCUT2D eigenvalue weighted by Gasteiger charge is 2.43. The first-order chi connectivity index (χ1) is 20.9. The summed E-state index contributed by atoms with van der Waals surface area (Å²) in [5.41, 5.74) is 6.43. The summed E-state index contributed by atoms with van der Waals surface area (Å²) in [6.45, 7) is 3.89. The molecule has 4 N–H and O–H groups in total. The summed E-state index contributed by atoms with van der Waals surface area (Å²) in [6, 6.07) is 3.46. The lowest BCUT2D eigenvalue weighted by atomic mass is 9.84. The van der Waals surface area contributed by atoms with Crippen LogP contribution in [-0.2, 0) is 11.3 Å². The third-order valence-corrected chi connectivity index (χ3v) is 7.72. The predicted molar refractivity (Wildman–Crippen MR) is 154 cm³/mol. The van der Waals surface area contributed by atoms with Crippen LogP contribution in [0.5, 0.6) is 5.75 Å². The number of anilines is 2. The molecule has 1 amide bonds. The van der Waals surface area contributed by atoms with E-state index >= 15 is 4.39 Å². The van der Waals surface area contributed by atoms with E-state index < -0.39 is 29.7 Å². The lowest BCUT2D eigenvalue weighted by molar-refractivity contribution is -0.118.